The Morgan fingerprint density at radius 1 is 1.17 bits per heavy atom. The maximum absolute atomic E-state index is 13.2. The van der Waals surface area contributed by atoms with Gasteiger partial charge in [-0.3, -0.25) is 0 Å². The number of hydrogen-bond donors (Lipinski definition) is 2. The second kappa shape index (κ2) is 7.64. The lowest BCUT2D eigenvalue weighted by molar-refractivity contribution is -0.917. The molecular formula is C18H20ClFN3O+. The van der Waals surface area contributed by atoms with E-state index < -0.39 is 0 Å². The Hall–Kier alpha value is -2.11. The fourth-order valence-electron chi connectivity index (χ4n) is 2.91. The van der Waals surface area contributed by atoms with Crippen molar-refractivity contribution >= 4 is 23.3 Å². The van der Waals surface area contributed by atoms with Crippen molar-refractivity contribution in [3.8, 4) is 0 Å². The smallest absolute Gasteiger partial charge is 0.322 e. The summed E-state index contributed by atoms with van der Waals surface area (Å²) in [6.45, 7) is 3.83. The molecule has 0 aliphatic carbocycles. The molecule has 126 valence electrons. The molecule has 4 nitrogen and oxygen atoms in total. The number of piperazine rings is 1. The van der Waals surface area contributed by atoms with Gasteiger partial charge in [0.1, 0.15) is 12.4 Å². The topological polar surface area (TPSA) is 36.8 Å². The molecule has 0 bridgehead atoms. The molecule has 0 spiro atoms. The van der Waals surface area contributed by atoms with Gasteiger partial charge >= 0.3 is 6.03 Å². The minimum absolute atomic E-state index is 0.109. The number of carbonyl (C=O) groups excluding carboxylic acids is 1. The molecule has 2 aromatic rings. The Kier molecular flexibility index (Phi) is 5.33. The highest BCUT2D eigenvalue weighted by Gasteiger charge is 2.23. The average Bonchev–Trinajstić information content (AvgIpc) is 2.55. The van der Waals surface area contributed by atoms with Crippen LogP contribution in [-0.2, 0) is 6.54 Å². The largest absolute Gasteiger partial charge is 0.328 e. The molecule has 0 unspecified atom stereocenters. The van der Waals surface area contributed by atoms with E-state index in [1.54, 1.807) is 35.2 Å². The molecule has 1 saturated heterocycles. The van der Waals surface area contributed by atoms with Gasteiger partial charge in [0, 0.05) is 16.3 Å². The van der Waals surface area contributed by atoms with Crippen LogP contribution in [0, 0.1) is 5.82 Å². The van der Waals surface area contributed by atoms with E-state index in [1.807, 2.05) is 12.1 Å². The van der Waals surface area contributed by atoms with Gasteiger partial charge in [0.05, 0.1) is 26.2 Å². The van der Waals surface area contributed by atoms with E-state index in [0.29, 0.717) is 23.8 Å². The Balaban J connectivity index is 1.50. The summed E-state index contributed by atoms with van der Waals surface area (Å²) in [5.41, 5.74) is 1.68. The molecule has 1 aliphatic rings. The summed E-state index contributed by atoms with van der Waals surface area (Å²) >= 11 is 5.93. The van der Waals surface area contributed by atoms with Crippen LogP contribution in [0.3, 0.4) is 0 Å². The van der Waals surface area contributed by atoms with E-state index in [4.69, 9.17) is 11.6 Å². The van der Waals surface area contributed by atoms with Crippen LogP contribution in [-0.4, -0.2) is 37.1 Å². The Morgan fingerprint density at radius 2 is 1.92 bits per heavy atom. The summed E-state index contributed by atoms with van der Waals surface area (Å²) in [6.07, 6.45) is 0. The third-order valence-electron chi connectivity index (χ3n) is 4.18. The molecule has 0 saturated carbocycles. The molecule has 0 aromatic heterocycles. The van der Waals surface area contributed by atoms with Crippen LogP contribution < -0.4 is 10.2 Å². The van der Waals surface area contributed by atoms with Gasteiger partial charge in [-0.1, -0.05) is 29.8 Å². The maximum Gasteiger partial charge on any atom is 0.322 e. The van der Waals surface area contributed by atoms with Crippen molar-refractivity contribution in [3.63, 3.8) is 0 Å². The van der Waals surface area contributed by atoms with Gasteiger partial charge in [-0.15, -0.1) is 0 Å². The number of carbonyl (C=O) groups is 1. The number of halogens is 2. The van der Waals surface area contributed by atoms with E-state index in [9.17, 15) is 9.18 Å². The number of anilines is 1. The fourth-order valence-corrected chi connectivity index (χ4v) is 3.10. The standard InChI is InChI=1S/C18H19ClFN3O/c19-15-4-2-6-17(12-15)21-18(24)23-9-7-22(8-10-23)13-14-3-1-5-16(20)11-14/h1-6,11-12H,7-10,13H2,(H,21,24)/p+1. The lowest BCUT2D eigenvalue weighted by atomic mass is 10.2. The highest BCUT2D eigenvalue weighted by Crippen LogP contribution is 2.15. The first-order chi connectivity index (χ1) is 11.6. The van der Waals surface area contributed by atoms with Crippen molar-refractivity contribution < 1.29 is 14.1 Å². The molecule has 1 fully saturated rings. The number of nitrogens with zero attached hydrogens (tertiary/aromatic N) is 1. The van der Waals surface area contributed by atoms with Gasteiger partial charge < -0.3 is 15.1 Å². The summed E-state index contributed by atoms with van der Waals surface area (Å²) in [7, 11) is 0. The summed E-state index contributed by atoms with van der Waals surface area (Å²) in [4.78, 5) is 15.5. The third kappa shape index (κ3) is 4.46. The van der Waals surface area contributed by atoms with Gasteiger partial charge in [0.15, 0.2) is 0 Å². The predicted molar refractivity (Wildman–Crippen MR) is 92.8 cm³/mol. The summed E-state index contributed by atoms with van der Waals surface area (Å²) < 4.78 is 13.2. The van der Waals surface area contributed by atoms with Crippen molar-refractivity contribution in [2.45, 2.75) is 6.54 Å². The number of quaternary nitrogens is 1. The van der Waals surface area contributed by atoms with Crippen LogP contribution in [0.5, 0.6) is 0 Å². The van der Waals surface area contributed by atoms with E-state index in [-0.39, 0.29) is 11.8 Å². The van der Waals surface area contributed by atoms with Crippen molar-refractivity contribution in [3.05, 3.63) is 64.9 Å². The number of benzene rings is 2. The van der Waals surface area contributed by atoms with Crippen LogP contribution in [0.1, 0.15) is 5.56 Å². The lowest BCUT2D eigenvalue weighted by Gasteiger charge is -2.32. The summed E-state index contributed by atoms with van der Waals surface area (Å²) in [6, 6.07) is 13.7. The van der Waals surface area contributed by atoms with Crippen LogP contribution in [0.25, 0.3) is 0 Å². The Labute approximate surface area is 145 Å². The van der Waals surface area contributed by atoms with Crippen molar-refractivity contribution in [2.24, 2.45) is 0 Å². The SMILES string of the molecule is O=C(Nc1cccc(Cl)c1)N1CC[NH+](Cc2cccc(F)c2)CC1. The fraction of sp³-hybridized carbons (Fsp3) is 0.278. The summed E-state index contributed by atoms with van der Waals surface area (Å²) in [5, 5.41) is 3.46. The highest BCUT2D eigenvalue weighted by molar-refractivity contribution is 6.30. The van der Waals surface area contributed by atoms with Gasteiger partial charge in [-0.2, -0.15) is 0 Å². The van der Waals surface area contributed by atoms with Crippen molar-refractivity contribution in [2.75, 3.05) is 31.5 Å². The number of amides is 2. The zero-order valence-electron chi connectivity index (χ0n) is 13.3. The first-order valence-corrected chi connectivity index (χ1v) is 8.37. The average molecular weight is 349 g/mol. The second-order valence-corrected chi connectivity index (χ2v) is 6.42. The first-order valence-electron chi connectivity index (χ1n) is 8.00. The van der Waals surface area contributed by atoms with Gasteiger partial charge in [-0.25, -0.2) is 9.18 Å². The molecule has 0 radical (unpaired) electrons. The van der Waals surface area contributed by atoms with E-state index >= 15 is 0 Å². The second-order valence-electron chi connectivity index (χ2n) is 5.98. The Morgan fingerprint density at radius 3 is 2.62 bits per heavy atom. The quantitative estimate of drug-likeness (QED) is 0.878. The molecule has 0 atom stereocenters. The van der Waals surface area contributed by atoms with Crippen molar-refractivity contribution in [1.29, 1.82) is 0 Å². The molecule has 1 heterocycles. The van der Waals surface area contributed by atoms with Crippen LogP contribution >= 0.6 is 11.6 Å². The minimum Gasteiger partial charge on any atom is -0.328 e. The molecular weight excluding hydrogens is 329 g/mol. The van der Waals surface area contributed by atoms with Gasteiger partial charge in [-0.05, 0) is 30.3 Å². The molecule has 6 heteroatoms. The molecule has 2 N–H and O–H groups in total. The molecule has 2 aromatic carbocycles. The monoisotopic (exact) mass is 348 g/mol. The predicted octanol–water partition coefficient (Wildman–Crippen LogP) is 2.41. The van der Waals surface area contributed by atoms with E-state index in [0.717, 1.165) is 25.2 Å². The number of rotatable bonds is 3. The number of urea groups is 1. The Bertz CT molecular complexity index is 717. The van der Waals surface area contributed by atoms with Gasteiger partial charge in [0.2, 0.25) is 0 Å². The number of nitrogens with one attached hydrogen (secondary N) is 2. The zero-order chi connectivity index (χ0) is 16.9. The maximum atomic E-state index is 13.2. The molecule has 24 heavy (non-hydrogen) atoms. The van der Waals surface area contributed by atoms with Gasteiger partial charge in [0.25, 0.3) is 0 Å². The van der Waals surface area contributed by atoms with Crippen LogP contribution in [0.2, 0.25) is 5.02 Å². The molecule has 1 aliphatic heterocycles. The van der Waals surface area contributed by atoms with E-state index in [1.165, 1.54) is 11.0 Å². The molecule has 2 amide bonds. The number of hydrogen-bond acceptors (Lipinski definition) is 1. The van der Waals surface area contributed by atoms with Crippen LogP contribution in [0.15, 0.2) is 48.5 Å². The minimum atomic E-state index is -0.202. The third-order valence-corrected chi connectivity index (χ3v) is 4.41. The van der Waals surface area contributed by atoms with Crippen LogP contribution in [0.4, 0.5) is 14.9 Å². The first kappa shape index (κ1) is 16.7. The van der Waals surface area contributed by atoms with Crippen molar-refractivity contribution in [1.82, 2.24) is 4.90 Å². The lowest BCUT2D eigenvalue weighted by Crippen LogP contribution is -3.13. The normalized spacial score (nSPS) is 15.3. The van der Waals surface area contributed by atoms with E-state index in [2.05, 4.69) is 5.32 Å². The summed E-state index contributed by atoms with van der Waals surface area (Å²) in [5.74, 6) is -0.202. The zero-order valence-corrected chi connectivity index (χ0v) is 14.0. The highest BCUT2D eigenvalue weighted by atomic mass is 35.5. The molecule has 3 rings (SSSR count).